The Labute approximate surface area is 139 Å². The number of halogens is 2. The minimum Gasteiger partial charge on any atom is -0.495 e. The number of aryl methyl sites for hydroxylation is 2. The van der Waals surface area contributed by atoms with Crippen LogP contribution in [-0.4, -0.2) is 14.2 Å². The third kappa shape index (κ3) is 3.19. The number of benzene rings is 2. The van der Waals surface area contributed by atoms with Gasteiger partial charge in [-0.15, -0.1) is 0 Å². The van der Waals surface area contributed by atoms with Gasteiger partial charge in [-0.05, 0) is 36.6 Å². The molecule has 0 N–H and O–H groups in total. The lowest BCUT2D eigenvalue weighted by Crippen LogP contribution is -2.00. The van der Waals surface area contributed by atoms with E-state index in [0.717, 1.165) is 11.1 Å². The minimum atomic E-state index is 0.00940. The first-order valence-corrected chi connectivity index (χ1v) is 7.90. The van der Waals surface area contributed by atoms with Crippen molar-refractivity contribution in [2.75, 3.05) is 14.2 Å². The molecule has 0 saturated heterocycles. The van der Waals surface area contributed by atoms with E-state index in [1.54, 1.807) is 14.2 Å². The molecule has 1 unspecified atom stereocenters. The third-order valence-corrected chi connectivity index (χ3v) is 4.99. The molecule has 0 radical (unpaired) electrons. The lowest BCUT2D eigenvalue weighted by atomic mass is 9.99. The highest BCUT2D eigenvalue weighted by Gasteiger charge is 2.20. The second-order valence-corrected chi connectivity index (χ2v) is 6.20. The van der Waals surface area contributed by atoms with E-state index in [1.165, 1.54) is 11.1 Å². The molecule has 0 amide bonds. The molecule has 0 aliphatic heterocycles. The molecule has 0 fully saturated rings. The lowest BCUT2D eigenvalue weighted by molar-refractivity contribution is 0.392. The maximum absolute atomic E-state index is 6.33. The summed E-state index contributed by atoms with van der Waals surface area (Å²) in [5, 5.41) is 0.491. The predicted octanol–water partition coefficient (Wildman–Crippen LogP) is 5.46. The number of methoxy groups -OCH3 is 2. The molecule has 0 heterocycles. The van der Waals surface area contributed by atoms with Gasteiger partial charge in [0.2, 0.25) is 0 Å². The van der Waals surface area contributed by atoms with Crippen LogP contribution in [0.3, 0.4) is 0 Å². The van der Waals surface area contributed by atoms with Gasteiger partial charge in [0.15, 0.2) is 0 Å². The standard InChI is InChI=1S/C17H18BrClO2/c1-10-5-6-12(9-11(10)2)15(18)13-7-8-14(20-3)16(19)17(13)21-4/h5-9,15H,1-4H3. The van der Waals surface area contributed by atoms with Crippen LogP contribution in [0.25, 0.3) is 0 Å². The summed E-state index contributed by atoms with van der Waals surface area (Å²) in [4.78, 5) is 0.00940. The van der Waals surface area contributed by atoms with Crippen LogP contribution in [-0.2, 0) is 0 Å². The van der Waals surface area contributed by atoms with Gasteiger partial charge in [0, 0.05) is 5.56 Å². The number of hydrogen-bond donors (Lipinski definition) is 0. The van der Waals surface area contributed by atoms with Gasteiger partial charge in [-0.3, -0.25) is 0 Å². The van der Waals surface area contributed by atoms with Crippen molar-refractivity contribution in [1.29, 1.82) is 0 Å². The van der Waals surface area contributed by atoms with Gasteiger partial charge in [0.1, 0.15) is 16.5 Å². The average Bonchev–Trinajstić information content (AvgIpc) is 2.49. The number of ether oxygens (including phenoxy) is 2. The molecule has 0 aliphatic carbocycles. The zero-order valence-electron chi connectivity index (χ0n) is 12.5. The smallest absolute Gasteiger partial charge is 0.145 e. The molecule has 1 atom stereocenters. The van der Waals surface area contributed by atoms with Gasteiger partial charge in [-0.2, -0.15) is 0 Å². The number of rotatable bonds is 4. The quantitative estimate of drug-likeness (QED) is 0.666. The average molecular weight is 370 g/mol. The molecule has 0 aromatic heterocycles. The Hall–Kier alpha value is -1.19. The fourth-order valence-corrected chi connectivity index (χ4v) is 3.19. The Kier molecular flexibility index (Phi) is 5.17. The SMILES string of the molecule is COc1ccc(C(Br)c2ccc(C)c(C)c2)c(OC)c1Cl. The summed E-state index contributed by atoms with van der Waals surface area (Å²) >= 11 is 10.1. The summed E-state index contributed by atoms with van der Waals surface area (Å²) in [6, 6.07) is 10.2. The van der Waals surface area contributed by atoms with Crippen LogP contribution in [0.2, 0.25) is 5.02 Å². The molecule has 2 aromatic carbocycles. The molecule has 2 aromatic rings. The molecular formula is C17H18BrClO2. The summed E-state index contributed by atoms with van der Waals surface area (Å²) in [5.74, 6) is 1.24. The Morgan fingerprint density at radius 1 is 1.00 bits per heavy atom. The van der Waals surface area contributed by atoms with Crippen molar-refractivity contribution in [3.63, 3.8) is 0 Å². The minimum absolute atomic E-state index is 0.00940. The summed E-state index contributed by atoms with van der Waals surface area (Å²) in [5.41, 5.74) is 4.68. The van der Waals surface area contributed by atoms with Crippen molar-refractivity contribution in [1.82, 2.24) is 0 Å². The molecule has 0 saturated carbocycles. The summed E-state index contributed by atoms with van der Waals surface area (Å²) in [6.45, 7) is 4.21. The van der Waals surface area contributed by atoms with E-state index >= 15 is 0 Å². The van der Waals surface area contributed by atoms with Crippen LogP contribution in [0.15, 0.2) is 30.3 Å². The maximum Gasteiger partial charge on any atom is 0.145 e. The molecular weight excluding hydrogens is 352 g/mol. The van der Waals surface area contributed by atoms with Crippen LogP contribution >= 0.6 is 27.5 Å². The van der Waals surface area contributed by atoms with Gasteiger partial charge in [0.25, 0.3) is 0 Å². The Morgan fingerprint density at radius 2 is 1.71 bits per heavy atom. The first kappa shape index (κ1) is 16.2. The van der Waals surface area contributed by atoms with Crippen LogP contribution in [0.1, 0.15) is 27.1 Å². The number of hydrogen-bond acceptors (Lipinski definition) is 2. The fraction of sp³-hybridized carbons (Fsp3) is 0.294. The van der Waals surface area contributed by atoms with Crippen molar-refractivity contribution in [2.24, 2.45) is 0 Å². The molecule has 112 valence electrons. The zero-order valence-corrected chi connectivity index (χ0v) is 14.9. The second kappa shape index (κ2) is 6.71. The van der Waals surface area contributed by atoms with Gasteiger partial charge < -0.3 is 9.47 Å². The maximum atomic E-state index is 6.33. The van der Waals surface area contributed by atoms with E-state index < -0.39 is 0 Å². The van der Waals surface area contributed by atoms with Crippen molar-refractivity contribution >= 4 is 27.5 Å². The van der Waals surface area contributed by atoms with E-state index in [2.05, 4.69) is 48.0 Å². The first-order valence-electron chi connectivity index (χ1n) is 6.61. The summed E-state index contributed by atoms with van der Waals surface area (Å²) < 4.78 is 10.7. The molecule has 0 spiro atoms. The molecule has 2 nitrogen and oxygen atoms in total. The van der Waals surface area contributed by atoms with Crippen LogP contribution in [0.5, 0.6) is 11.5 Å². The number of alkyl halides is 1. The van der Waals surface area contributed by atoms with Crippen LogP contribution in [0.4, 0.5) is 0 Å². The molecule has 0 aliphatic rings. The Balaban J connectivity index is 2.50. The van der Waals surface area contributed by atoms with Crippen molar-refractivity contribution < 1.29 is 9.47 Å². The van der Waals surface area contributed by atoms with Crippen molar-refractivity contribution in [3.8, 4) is 11.5 Å². The van der Waals surface area contributed by atoms with Crippen LogP contribution in [0, 0.1) is 13.8 Å². The van der Waals surface area contributed by atoms with Crippen molar-refractivity contribution in [2.45, 2.75) is 18.7 Å². The highest BCUT2D eigenvalue weighted by molar-refractivity contribution is 9.09. The van der Waals surface area contributed by atoms with E-state index in [0.29, 0.717) is 16.5 Å². The molecule has 0 bridgehead atoms. The highest BCUT2D eigenvalue weighted by Crippen LogP contribution is 2.44. The van der Waals surface area contributed by atoms with Gasteiger partial charge in [0.05, 0.1) is 19.0 Å². The van der Waals surface area contributed by atoms with E-state index in [-0.39, 0.29) is 4.83 Å². The lowest BCUT2D eigenvalue weighted by Gasteiger charge is -2.18. The Morgan fingerprint density at radius 3 is 2.29 bits per heavy atom. The van der Waals surface area contributed by atoms with Gasteiger partial charge in [-0.1, -0.05) is 51.8 Å². The normalized spacial score (nSPS) is 12.1. The van der Waals surface area contributed by atoms with Gasteiger partial charge in [-0.25, -0.2) is 0 Å². The highest BCUT2D eigenvalue weighted by atomic mass is 79.9. The topological polar surface area (TPSA) is 18.5 Å². The predicted molar refractivity (Wildman–Crippen MR) is 91.2 cm³/mol. The van der Waals surface area contributed by atoms with Crippen LogP contribution < -0.4 is 9.47 Å². The largest absolute Gasteiger partial charge is 0.495 e. The Bertz CT molecular complexity index is 655. The molecule has 2 rings (SSSR count). The molecule has 21 heavy (non-hydrogen) atoms. The van der Waals surface area contributed by atoms with Gasteiger partial charge >= 0.3 is 0 Å². The monoisotopic (exact) mass is 368 g/mol. The van der Waals surface area contributed by atoms with E-state index in [4.69, 9.17) is 21.1 Å². The third-order valence-electron chi connectivity index (χ3n) is 3.61. The van der Waals surface area contributed by atoms with E-state index in [9.17, 15) is 0 Å². The fourth-order valence-electron chi connectivity index (χ4n) is 2.22. The summed E-state index contributed by atoms with van der Waals surface area (Å²) in [6.07, 6.45) is 0. The molecule has 4 heteroatoms. The second-order valence-electron chi connectivity index (χ2n) is 4.91. The first-order chi connectivity index (χ1) is 9.99. The van der Waals surface area contributed by atoms with Crippen molar-refractivity contribution in [3.05, 3.63) is 57.6 Å². The zero-order chi connectivity index (χ0) is 15.6. The summed E-state index contributed by atoms with van der Waals surface area (Å²) in [7, 11) is 3.21. The van der Waals surface area contributed by atoms with E-state index in [1.807, 2.05) is 12.1 Å².